The SMILES string of the molecule is CC(C)(C)OC(=O)CNC(=O)[C@@](C)(NC(=O)CNC(=O)OCc1ccccc1)C(c1ccccc1)c1ccccc1. The first kappa shape index (κ1) is 30.9. The van der Waals surface area contributed by atoms with Crippen molar-refractivity contribution in [3.05, 3.63) is 108 Å². The van der Waals surface area contributed by atoms with E-state index in [0.717, 1.165) is 16.7 Å². The molecule has 0 unspecified atom stereocenters. The van der Waals surface area contributed by atoms with E-state index in [4.69, 9.17) is 9.47 Å². The lowest BCUT2D eigenvalue weighted by atomic mass is 9.75. The highest BCUT2D eigenvalue weighted by Gasteiger charge is 2.44. The second-order valence-electron chi connectivity index (χ2n) is 10.7. The van der Waals surface area contributed by atoms with Crippen LogP contribution in [0.25, 0.3) is 0 Å². The van der Waals surface area contributed by atoms with Crippen LogP contribution in [0.15, 0.2) is 91.0 Å². The van der Waals surface area contributed by atoms with Crippen molar-refractivity contribution < 1.29 is 28.7 Å². The van der Waals surface area contributed by atoms with Crippen LogP contribution in [0.1, 0.15) is 50.3 Å². The lowest BCUT2D eigenvalue weighted by Gasteiger charge is -2.38. The van der Waals surface area contributed by atoms with Crippen LogP contribution in [0.3, 0.4) is 0 Å². The first-order chi connectivity index (χ1) is 19.5. The number of benzene rings is 3. The Bertz CT molecular complexity index is 1270. The summed E-state index contributed by atoms with van der Waals surface area (Å²) in [5, 5.41) is 7.88. The number of amides is 3. The van der Waals surface area contributed by atoms with E-state index < -0.39 is 47.5 Å². The van der Waals surface area contributed by atoms with Crippen molar-refractivity contribution in [3.8, 4) is 0 Å². The van der Waals surface area contributed by atoms with Crippen molar-refractivity contribution in [3.63, 3.8) is 0 Å². The maximum Gasteiger partial charge on any atom is 0.407 e. The number of alkyl carbamates (subject to hydrolysis) is 1. The molecule has 216 valence electrons. The molecule has 3 amide bonds. The molecule has 3 N–H and O–H groups in total. The summed E-state index contributed by atoms with van der Waals surface area (Å²) in [7, 11) is 0. The van der Waals surface area contributed by atoms with E-state index >= 15 is 0 Å². The van der Waals surface area contributed by atoms with Crippen molar-refractivity contribution in [2.45, 2.75) is 51.4 Å². The molecule has 0 aliphatic heterocycles. The molecule has 3 aromatic carbocycles. The largest absolute Gasteiger partial charge is 0.459 e. The minimum atomic E-state index is -1.57. The highest BCUT2D eigenvalue weighted by molar-refractivity contribution is 5.95. The lowest BCUT2D eigenvalue weighted by molar-refractivity contribution is -0.154. The van der Waals surface area contributed by atoms with E-state index in [2.05, 4.69) is 16.0 Å². The zero-order valence-corrected chi connectivity index (χ0v) is 23.8. The fourth-order valence-corrected chi connectivity index (χ4v) is 4.38. The van der Waals surface area contributed by atoms with E-state index in [1.807, 2.05) is 91.0 Å². The summed E-state index contributed by atoms with van der Waals surface area (Å²) in [4.78, 5) is 51.6. The average molecular weight is 560 g/mol. The topological polar surface area (TPSA) is 123 Å². The maximum atomic E-state index is 13.8. The van der Waals surface area contributed by atoms with Gasteiger partial charge in [-0.25, -0.2) is 4.79 Å². The summed E-state index contributed by atoms with van der Waals surface area (Å²) in [6.45, 7) is 6.01. The second kappa shape index (κ2) is 14.1. The van der Waals surface area contributed by atoms with Crippen molar-refractivity contribution in [2.75, 3.05) is 13.1 Å². The summed E-state index contributed by atoms with van der Waals surface area (Å²) < 4.78 is 10.5. The summed E-state index contributed by atoms with van der Waals surface area (Å²) in [6, 6.07) is 27.7. The third-order valence-electron chi connectivity index (χ3n) is 6.13. The molecule has 0 radical (unpaired) electrons. The van der Waals surface area contributed by atoms with Gasteiger partial charge < -0.3 is 25.4 Å². The van der Waals surface area contributed by atoms with E-state index in [1.165, 1.54) is 0 Å². The highest BCUT2D eigenvalue weighted by Crippen LogP contribution is 2.35. The fourth-order valence-electron chi connectivity index (χ4n) is 4.38. The number of esters is 1. The smallest absolute Gasteiger partial charge is 0.407 e. The highest BCUT2D eigenvalue weighted by atomic mass is 16.6. The Balaban J connectivity index is 1.81. The molecule has 0 heterocycles. The van der Waals surface area contributed by atoms with Crippen LogP contribution in [0.4, 0.5) is 4.79 Å². The Morgan fingerprint density at radius 2 is 1.22 bits per heavy atom. The molecule has 9 heteroatoms. The van der Waals surface area contributed by atoms with Gasteiger partial charge in [-0.2, -0.15) is 0 Å². The van der Waals surface area contributed by atoms with Crippen LogP contribution in [-0.4, -0.2) is 48.1 Å². The number of hydrogen-bond acceptors (Lipinski definition) is 6. The van der Waals surface area contributed by atoms with Gasteiger partial charge in [-0.1, -0.05) is 91.0 Å². The minimum Gasteiger partial charge on any atom is -0.459 e. The van der Waals surface area contributed by atoms with Crippen LogP contribution < -0.4 is 16.0 Å². The zero-order chi connectivity index (χ0) is 29.9. The minimum absolute atomic E-state index is 0.0448. The zero-order valence-electron chi connectivity index (χ0n) is 23.8. The predicted molar refractivity (Wildman–Crippen MR) is 155 cm³/mol. The van der Waals surface area contributed by atoms with Gasteiger partial charge in [-0.15, -0.1) is 0 Å². The molecular formula is C32H37N3O6. The second-order valence-corrected chi connectivity index (χ2v) is 10.7. The maximum absolute atomic E-state index is 13.8. The van der Waals surface area contributed by atoms with Crippen LogP contribution in [0, 0.1) is 0 Å². The molecule has 0 aromatic heterocycles. The Labute approximate surface area is 240 Å². The molecule has 0 spiro atoms. The fraction of sp³-hybridized carbons (Fsp3) is 0.312. The van der Waals surface area contributed by atoms with Gasteiger partial charge in [0.2, 0.25) is 11.8 Å². The Hall–Kier alpha value is -4.66. The van der Waals surface area contributed by atoms with Gasteiger partial charge in [0.15, 0.2) is 0 Å². The summed E-state index contributed by atoms with van der Waals surface area (Å²) in [6.07, 6.45) is -0.775. The summed E-state index contributed by atoms with van der Waals surface area (Å²) >= 11 is 0. The van der Waals surface area contributed by atoms with E-state index in [1.54, 1.807) is 27.7 Å². The molecular weight excluding hydrogens is 522 g/mol. The van der Waals surface area contributed by atoms with Crippen LogP contribution in [0.2, 0.25) is 0 Å². The number of carbonyl (C=O) groups is 4. The number of carbonyl (C=O) groups excluding carboxylic acids is 4. The molecule has 3 aromatic rings. The van der Waals surface area contributed by atoms with Gasteiger partial charge in [-0.05, 0) is 44.4 Å². The molecule has 1 atom stereocenters. The number of nitrogens with one attached hydrogen (secondary N) is 3. The van der Waals surface area contributed by atoms with Gasteiger partial charge in [0.25, 0.3) is 0 Å². The van der Waals surface area contributed by atoms with Gasteiger partial charge >= 0.3 is 12.1 Å². The van der Waals surface area contributed by atoms with Gasteiger partial charge in [0, 0.05) is 5.92 Å². The van der Waals surface area contributed by atoms with E-state index in [0.29, 0.717) is 0 Å². The molecule has 9 nitrogen and oxygen atoms in total. The predicted octanol–water partition coefficient (Wildman–Crippen LogP) is 4.08. The lowest BCUT2D eigenvalue weighted by Crippen LogP contribution is -2.62. The normalized spacial score (nSPS) is 12.5. The Morgan fingerprint density at radius 3 is 1.73 bits per heavy atom. The molecule has 0 fully saturated rings. The molecule has 0 saturated heterocycles. The van der Waals surface area contributed by atoms with Crippen LogP contribution in [0.5, 0.6) is 0 Å². The average Bonchev–Trinajstić information content (AvgIpc) is 2.94. The summed E-state index contributed by atoms with van der Waals surface area (Å²) in [5.41, 5.74) is 0.0388. The summed E-state index contributed by atoms with van der Waals surface area (Å²) in [5.74, 6) is -2.47. The number of ether oxygens (including phenoxy) is 2. The molecule has 0 aliphatic carbocycles. The Morgan fingerprint density at radius 1 is 0.707 bits per heavy atom. The van der Waals surface area contributed by atoms with Crippen LogP contribution in [-0.2, 0) is 30.5 Å². The van der Waals surface area contributed by atoms with Gasteiger partial charge in [-0.3, -0.25) is 14.4 Å². The van der Waals surface area contributed by atoms with Crippen molar-refractivity contribution in [1.29, 1.82) is 0 Å². The molecule has 3 rings (SSSR count). The van der Waals surface area contributed by atoms with Crippen molar-refractivity contribution >= 4 is 23.9 Å². The molecule has 0 aliphatic rings. The molecule has 41 heavy (non-hydrogen) atoms. The monoisotopic (exact) mass is 559 g/mol. The first-order valence-electron chi connectivity index (χ1n) is 13.3. The van der Waals surface area contributed by atoms with Crippen molar-refractivity contribution in [2.24, 2.45) is 0 Å². The quantitative estimate of drug-likeness (QED) is 0.304. The first-order valence-corrected chi connectivity index (χ1v) is 13.3. The van der Waals surface area contributed by atoms with Gasteiger partial charge in [0.05, 0.1) is 0 Å². The Kier molecular flexibility index (Phi) is 10.6. The van der Waals surface area contributed by atoms with Crippen LogP contribution >= 0.6 is 0 Å². The van der Waals surface area contributed by atoms with E-state index in [9.17, 15) is 19.2 Å². The van der Waals surface area contributed by atoms with Crippen molar-refractivity contribution in [1.82, 2.24) is 16.0 Å². The van der Waals surface area contributed by atoms with Gasteiger partial charge in [0.1, 0.15) is 30.8 Å². The third-order valence-corrected chi connectivity index (χ3v) is 6.13. The molecule has 0 bridgehead atoms. The number of rotatable bonds is 11. The molecule has 0 saturated carbocycles. The third kappa shape index (κ3) is 9.49. The number of hydrogen-bond donors (Lipinski definition) is 3. The standard InChI is InChI=1S/C32H37N3O6/c1-31(2,3)41-27(37)21-33-29(38)32(4,28(24-16-10-6-11-17-24)25-18-12-7-13-19-25)35-26(36)20-34-30(39)40-22-23-14-8-5-9-15-23/h5-19,28H,20-22H2,1-4H3,(H,33,38)(H,34,39)(H,35,36)/t32-/m0/s1. The van der Waals surface area contributed by atoms with E-state index in [-0.39, 0.29) is 13.2 Å².